The van der Waals surface area contributed by atoms with Crippen molar-refractivity contribution in [2.45, 2.75) is 31.2 Å². The van der Waals surface area contributed by atoms with E-state index in [2.05, 4.69) is 10.00 Å². The fourth-order valence-corrected chi connectivity index (χ4v) is 4.12. The number of carbonyl (C=O) groups is 1. The van der Waals surface area contributed by atoms with Crippen LogP contribution in [0.1, 0.15) is 34.5 Å². The molecule has 0 spiro atoms. The van der Waals surface area contributed by atoms with E-state index < -0.39 is 0 Å². The number of likely N-dealkylation sites (tertiary alicyclic amines) is 1. The van der Waals surface area contributed by atoms with Crippen LogP contribution in [0, 0.1) is 12.8 Å². The molecule has 0 saturated carbocycles. The van der Waals surface area contributed by atoms with Gasteiger partial charge in [0.25, 0.3) is 0 Å². The van der Waals surface area contributed by atoms with Crippen molar-refractivity contribution in [3.8, 4) is 0 Å². The maximum atomic E-state index is 12.9. The van der Waals surface area contributed by atoms with Crippen LogP contribution < -0.4 is 0 Å². The molecule has 0 bridgehead atoms. The molecule has 1 aliphatic heterocycles. The smallest absolute Gasteiger partial charge is 0.167 e. The fourth-order valence-electron chi connectivity index (χ4n) is 3.48. The summed E-state index contributed by atoms with van der Waals surface area (Å²) in [4.78, 5) is 16.4. The molecule has 2 aromatic rings. The van der Waals surface area contributed by atoms with Gasteiger partial charge in [-0.25, -0.2) is 0 Å². The summed E-state index contributed by atoms with van der Waals surface area (Å²) >= 11 is 8.05. The number of benzene rings is 1. The summed E-state index contributed by atoms with van der Waals surface area (Å²) in [5.41, 5.74) is 2.86. The Morgan fingerprint density at radius 1 is 1.36 bits per heavy atom. The molecule has 0 amide bonds. The van der Waals surface area contributed by atoms with Crippen molar-refractivity contribution in [1.29, 1.82) is 0 Å². The number of rotatable bonds is 5. The first-order valence-electron chi connectivity index (χ1n) is 8.58. The lowest BCUT2D eigenvalue weighted by Gasteiger charge is -2.32. The van der Waals surface area contributed by atoms with Gasteiger partial charge in [0.15, 0.2) is 5.78 Å². The van der Waals surface area contributed by atoms with Gasteiger partial charge in [0.1, 0.15) is 5.15 Å². The van der Waals surface area contributed by atoms with Crippen LogP contribution in [0.15, 0.2) is 29.2 Å². The number of hydrogen-bond acceptors (Lipinski definition) is 4. The Bertz CT molecular complexity index is 757. The molecule has 1 aromatic carbocycles. The SMILES string of the molecule is CSc1ccc(C(=O)[C@H]2CCCN(Cc3c(C)nn(C)c3Cl)C2)cc1. The second-order valence-corrected chi connectivity index (χ2v) is 7.88. The third-order valence-corrected chi connectivity index (χ3v) is 6.12. The third-order valence-electron chi connectivity index (χ3n) is 4.90. The second-order valence-electron chi connectivity index (χ2n) is 6.65. The van der Waals surface area contributed by atoms with Crippen molar-refractivity contribution in [2.75, 3.05) is 19.3 Å². The standard InChI is InChI=1S/C19H24ClN3OS/c1-13-17(19(20)22(2)21-13)12-23-10-4-5-15(11-23)18(24)14-6-8-16(25-3)9-7-14/h6-9,15H,4-5,10-12H2,1-3H3/t15-/m0/s1. The quantitative estimate of drug-likeness (QED) is 0.578. The first kappa shape index (κ1) is 18.5. The molecular weight excluding hydrogens is 354 g/mol. The van der Waals surface area contributed by atoms with E-state index in [1.807, 2.05) is 44.5 Å². The Hall–Kier alpha value is -1.30. The minimum absolute atomic E-state index is 0.0598. The topological polar surface area (TPSA) is 38.1 Å². The Kier molecular flexibility index (Phi) is 5.87. The number of ketones is 1. The summed E-state index contributed by atoms with van der Waals surface area (Å²) < 4.78 is 1.71. The fraction of sp³-hybridized carbons (Fsp3) is 0.474. The number of hydrogen-bond donors (Lipinski definition) is 0. The van der Waals surface area contributed by atoms with E-state index in [1.165, 1.54) is 4.90 Å². The summed E-state index contributed by atoms with van der Waals surface area (Å²) in [5.74, 6) is 0.316. The highest BCUT2D eigenvalue weighted by Crippen LogP contribution is 2.26. The summed E-state index contributed by atoms with van der Waals surface area (Å²) in [6, 6.07) is 7.96. The minimum atomic E-state index is 0.0598. The molecule has 3 rings (SSSR count). The van der Waals surface area contributed by atoms with E-state index >= 15 is 0 Å². The molecule has 0 radical (unpaired) electrons. The van der Waals surface area contributed by atoms with E-state index in [-0.39, 0.29) is 11.7 Å². The van der Waals surface area contributed by atoms with Gasteiger partial charge < -0.3 is 0 Å². The summed E-state index contributed by atoms with van der Waals surface area (Å²) in [5, 5.41) is 5.08. The summed E-state index contributed by atoms with van der Waals surface area (Å²) in [6.07, 6.45) is 4.04. The molecule has 1 aromatic heterocycles. The summed E-state index contributed by atoms with van der Waals surface area (Å²) in [6.45, 7) is 4.53. The zero-order valence-corrected chi connectivity index (χ0v) is 16.5. The highest BCUT2D eigenvalue weighted by Gasteiger charge is 2.27. The molecule has 134 valence electrons. The van der Waals surface area contributed by atoms with E-state index in [9.17, 15) is 4.79 Å². The minimum Gasteiger partial charge on any atom is -0.298 e. The van der Waals surface area contributed by atoms with Gasteiger partial charge in [-0.1, -0.05) is 23.7 Å². The number of aryl methyl sites for hydroxylation is 2. The van der Waals surface area contributed by atoms with Crippen LogP contribution >= 0.6 is 23.4 Å². The number of halogens is 1. The lowest BCUT2D eigenvalue weighted by atomic mass is 9.90. The van der Waals surface area contributed by atoms with E-state index in [4.69, 9.17) is 11.6 Å². The molecule has 0 unspecified atom stereocenters. The highest BCUT2D eigenvalue weighted by molar-refractivity contribution is 7.98. The van der Waals surface area contributed by atoms with Crippen LogP contribution in [0.3, 0.4) is 0 Å². The number of carbonyl (C=O) groups excluding carboxylic acids is 1. The van der Waals surface area contributed by atoms with Crippen LogP contribution in [0.25, 0.3) is 0 Å². The van der Waals surface area contributed by atoms with Gasteiger partial charge in [-0.2, -0.15) is 5.10 Å². The Labute approximate surface area is 158 Å². The molecular formula is C19H24ClN3OS. The molecule has 1 atom stereocenters. The zero-order chi connectivity index (χ0) is 18.0. The van der Waals surface area contributed by atoms with E-state index in [0.29, 0.717) is 5.15 Å². The maximum Gasteiger partial charge on any atom is 0.167 e. The van der Waals surface area contributed by atoms with Crippen molar-refractivity contribution in [1.82, 2.24) is 14.7 Å². The van der Waals surface area contributed by atoms with Crippen LogP contribution in [0.2, 0.25) is 5.15 Å². The van der Waals surface area contributed by atoms with E-state index in [0.717, 1.165) is 49.3 Å². The average Bonchev–Trinajstić information content (AvgIpc) is 2.87. The lowest BCUT2D eigenvalue weighted by Crippen LogP contribution is -2.38. The van der Waals surface area contributed by atoms with Crippen LogP contribution in [-0.4, -0.2) is 39.8 Å². The molecule has 4 nitrogen and oxygen atoms in total. The van der Waals surface area contributed by atoms with Crippen molar-refractivity contribution >= 4 is 29.1 Å². The van der Waals surface area contributed by atoms with Crippen LogP contribution in [0.5, 0.6) is 0 Å². The number of thioether (sulfide) groups is 1. The van der Waals surface area contributed by atoms with Gasteiger partial charge >= 0.3 is 0 Å². The van der Waals surface area contributed by atoms with E-state index in [1.54, 1.807) is 16.4 Å². The number of aromatic nitrogens is 2. The number of Topliss-reactive ketones (excluding diaryl/α,β-unsaturated/α-hetero) is 1. The monoisotopic (exact) mass is 377 g/mol. The Morgan fingerprint density at radius 3 is 2.68 bits per heavy atom. The van der Waals surface area contributed by atoms with Crippen LogP contribution in [0.4, 0.5) is 0 Å². The normalized spacial score (nSPS) is 18.5. The molecule has 1 saturated heterocycles. The molecule has 0 N–H and O–H groups in total. The predicted molar refractivity (Wildman–Crippen MR) is 104 cm³/mol. The van der Waals surface area contributed by atoms with Gasteiger partial charge in [0.05, 0.1) is 5.69 Å². The van der Waals surface area contributed by atoms with Gasteiger partial charge in [-0.15, -0.1) is 11.8 Å². The van der Waals surface area contributed by atoms with Gasteiger partial charge in [-0.3, -0.25) is 14.4 Å². The molecule has 25 heavy (non-hydrogen) atoms. The van der Waals surface area contributed by atoms with Crippen molar-refractivity contribution in [2.24, 2.45) is 13.0 Å². The van der Waals surface area contributed by atoms with Crippen molar-refractivity contribution in [3.63, 3.8) is 0 Å². The molecule has 1 aliphatic rings. The number of nitrogens with zero attached hydrogens (tertiary/aromatic N) is 3. The van der Waals surface area contributed by atoms with Crippen molar-refractivity contribution < 1.29 is 4.79 Å². The Morgan fingerprint density at radius 2 is 2.08 bits per heavy atom. The first-order valence-corrected chi connectivity index (χ1v) is 10.2. The summed E-state index contributed by atoms with van der Waals surface area (Å²) in [7, 11) is 1.86. The maximum absolute atomic E-state index is 12.9. The highest BCUT2D eigenvalue weighted by atomic mass is 35.5. The molecule has 6 heteroatoms. The molecule has 1 fully saturated rings. The average molecular weight is 378 g/mol. The Balaban J connectivity index is 1.68. The number of piperidine rings is 1. The molecule has 0 aliphatic carbocycles. The van der Waals surface area contributed by atoms with Crippen LogP contribution in [-0.2, 0) is 13.6 Å². The van der Waals surface area contributed by atoms with Gasteiger partial charge in [0, 0.05) is 42.1 Å². The lowest BCUT2D eigenvalue weighted by molar-refractivity contribution is 0.0811. The molecule has 2 heterocycles. The zero-order valence-electron chi connectivity index (χ0n) is 15.0. The van der Waals surface area contributed by atoms with Gasteiger partial charge in [-0.05, 0) is 44.7 Å². The first-order chi connectivity index (χ1) is 12.0. The van der Waals surface area contributed by atoms with Crippen molar-refractivity contribution in [3.05, 3.63) is 46.2 Å². The predicted octanol–water partition coefficient (Wildman–Crippen LogP) is 4.20. The van der Waals surface area contributed by atoms with Gasteiger partial charge in [0.2, 0.25) is 0 Å². The largest absolute Gasteiger partial charge is 0.298 e. The second kappa shape index (κ2) is 7.94. The third kappa shape index (κ3) is 4.10.